The van der Waals surface area contributed by atoms with E-state index in [0.29, 0.717) is 28.7 Å². The normalized spacial score (nSPS) is 11.0. The van der Waals surface area contributed by atoms with Crippen molar-refractivity contribution in [1.29, 1.82) is 0 Å². The van der Waals surface area contributed by atoms with Crippen molar-refractivity contribution >= 4 is 5.69 Å². The number of rotatable bonds is 10. The summed E-state index contributed by atoms with van der Waals surface area (Å²) in [6.45, 7) is 2.25. The second kappa shape index (κ2) is 11.4. The first-order chi connectivity index (χ1) is 16.6. The van der Waals surface area contributed by atoms with Crippen LogP contribution in [0.2, 0.25) is 0 Å². The lowest BCUT2D eigenvalue weighted by Crippen LogP contribution is -2.00. The largest absolute Gasteiger partial charge is 0.507 e. The zero-order chi connectivity index (χ0) is 23.8. The van der Waals surface area contributed by atoms with Gasteiger partial charge in [-0.1, -0.05) is 75.4 Å². The molecule has 0 fully saturated rings. The summed E-state index contributed by atoms with van der Waals surface area (Å²) >= 11 is 0. The Morgan fingerprint density at radius 1 is 0.647 bits per heavy atom. The van der Waals surface area contributed by atoms with Gasteiger partial charge in [0.15, 0.2) is 17.5 Å². The van der Waals surface area contributed by atoms with Crippen LogP contribution in [0.15, 0.2) is 72.8 Å². The van der Waals surface area contributed by atoms with Crippen LogP contribution in [0.25, 0.3) is 34.2 Å². The van der Waals surface area contributed by atoms with Crippen molar-refractivity contribution in [3.8, 4) is 39.9 Å². The van der Waals surface area contributed by atoms with Crippen molar-refractivity contribution in [2.24, 2.45) is 0 Å². The molecule has 4 aromatic rings. The van der Waals surface area contributed by atoms with Gasteiger partial charge in [0.25, 0.3) is 0 Å². The lowest BCUT2D eigenvalue weighted by atomic mass is 10.0. The fourth-order valence-corrected chi connectivity index (χ4v) is 3.98. The molecule has 0 spiro atoms. The summed E-state index contributed by atoms with van der Waals surface area (Å²) in [5.41, 5.74) is 10.2. The van der Waals surface area contributed by atoms with Crippen molar-refractivity contribution in [2.75, 3.05) is 5.73 Å². The summed E-state index contributed by atoms with van der Waals surface area (Å²) in [7, 11) is 0. The molecule has 1 heterocycles. The van der Waals surface area contributed by atoms with Crippen molar-refractivity contribution in [1.82, 2.24) is 15.0 Å². The molecule has 3 aromatic carbocycles. The van der Waals surface area contributed by atoms with E-state index in [2.05, 4.69) is 36.2 Å². The Labute approximate surface area is 201 Å². The van der Waals surface area contributed by atoms with Gasteiger partial charge in [-0.15, -0.1) is 0 Å². The van der Waals surface area contributed by atoms with Crippen LogP contribution in [0.4, 0.5) is 5.69 Å². The molecule has 0 aliphatic heterocycles. The number of aromatic hydroxyl groups is 1. The van der Waals surface area contributed by atoms with Crippen LogP contribution in [0.1, 0.15) is 51.0 Å². The summed E-state index contributed by atoms with van der Waals surface area (Å²) in [4.78, 5) is 14.1. The summed E-state index contributed by atoms with van der Waals surface area (Å²) < 4.78 is 0. The van der Waals surface area contributed by atoms with Crippen molar-refractivity contribution in [2.45, 2.75) is 51.9 Å². The monoisotopic (exact) mass is 452 g/mol. The van der Waals surface area contributed by atoms with Crippen LogP contribution < -0.4 is 5.73 Å². The Morgan fingerprint density at radius 2 is 1.21 bits per heavy atom. The van der Waals surface area contributed by atoms with E-state index in [1.807, 2.05) is 36.4 Å². The molecular weight excluding hydrogens is 420 g/mol. The van der Waals surface area contributed by atoms with Crippen molar-refractivity contribution in [3.63, 3.8) is 0 Å². The van der Waals surface area contributed by atoms with Gasteiger partial charge in [-0.3, -0.25) is 0 Å². The van der Waals surface area contributed by atoms with Gasteiger partial charge in [-0.2, -0.15) is 0 Å². The number of nitrogens with zero attached hydrogens (tertiary/aromatic N) is 3. The number of phenols is 1. The Hall–Kier alpha value is -3.73. The first kappa shape index (κ1) is 23.4. The molecule has 1 aromatic heterocycles. The van der Waals surface area contributed by atoms with Gasteiger partial charge in [-0.25, -0.2) is 15.0 Å². The van der Waals surface area contributed by atoms with Crippen LogP contribution in [-0.2, 0) is 6.42 Å². The van der Waals surface area contributed by atoms with E-state index in [-0.39, 0.29) is 5.75 Å². The zero-order valence-corrected chi connectivity index (χ0v) is 19.7. The number of benzene rings is 3. The van der Waals surface area contributed by atoms with Crippen LogP contribution in [-0.4, -0.2) is 20.1 Å². The first-order valence-electron chi connectivity index (χ1n) is 12.1. The number of unbranched alkanes of at least 4 members (excludes halogenated alkanes) is 5. The number of nitrogen functional groups attached to an aromatic ring is 1. The Balaban J connectivity index is 1.60. The number of hydrogen-bond donors (Lipinski definition) is 2. The van der Waals surface area contributed by atoms with Gasteiger partial charge in [0.1, 0.15) is 5.75 Å². The minimum atomic E-state index is 0.136. The molecule has 0 atom stereocenters. The number of aryl methyl sites for hydroxylation is 1. The van der Waals surface area contributed by atoms with Crippen LogP contribution >= 0.6 is 0 Å². The highest BCUT2D eigenvalue weighted by Crippen LogP contribution is 2.30. The second-order valence-corrected chi connectivity index (χ2v) is 8.66. The molecule has 0 aliphatic rings. The highest BCUT2D eigenvalue weighted by Gasteiger charge is 2.14. The maximum Gasteiger partial charge on any atom is 0.167 e. The molecule has 0 saturated heterocycles. The quantitative estimate of drug-likeness (QED) is 0.199. The maximum absolute atomic E-state index is 10.4. The minimum absolute atomic E-state index is 0.136. The molecule has 5 heteroatoms. The summed E-state index contributed by atoms with van der Waals surface area (Å²) in [6.07, 6.45) is 8.86. The second-order valence-electron chi connectivity index (χ2n) is 8.66. The maximum atomic E-state index is 10.4. The van der Waals surface area contributed by atoms with Gasteiger partial charge >= 0.3 is 0 Å². The lowest BCUT2D eigenvalue weighted by Gasteiger charge is -2.10. The van der Waals surface area contributed by atoms with E-state index in [1.165, 1.54) is 44.1 Å². The number of anilines is 1. The van der Waals surface area contributed by atoms with Crippen LogP contribution in [0.5, 0.6) is 5.75 Å². The van der Waals surface area contributed by atoms with E-state index in [1.54, 1.807) is 12.1 Å². The molecule has 3 N–H and O–H groups in total. The van der Waals surface area contributed by atoms with Gasteiger partial charge in [0.05, 0.1) is 5.56 Å². The Bertz CT molecular complexity index is 1200. The fourth-order valence-electron chi connectivity index (χ4n) is 3.98. The highest BCUT2D eigenvalue weighted by atomic mass is 16.3. The predicted molar refractivity (Wildman–Crippen MR) is 139 cm³/mol. The van der Waals surface area contributed by atoms with Crippen molar-refractivity contribution in [3.05, 3.63) is 78.4 Å². The molecule has 0 amide bonds. The minimum Gasteiger partial charge on any atom is -0.507 e. The van der Waals surface area contributed by atoms with Gasteiger partial charge in [0, 0.05) is 16.8 Å². The molecule has 0 radical (unpaired) electrons. The van der Waals surface area contributed by atoms with Crippen molar-refractivity contribution < 1.29 is 5.11 Å². The molecule has 4 rings (SSSR count). The van der Waals surface area contributed by atoms with E-state index in [0.717, 1.165) is 17.5 Å². The lowest BCUT2D eigenvalue weighted by molar-refractivity contribution is 0.477. The Morgan fingerprint density at radius 3 is 1.85 bits per heavy atom. The standard InChI is InChI=1S/C29H32N4O/c1-2-3-4-5-6-7-10-21-13-15-22(16-14-21)27-31-28(23-17-19-24(30)20-18-23)33-29(32-27)25-11-8-9-12-26(25)34/h8-9,11-20,34H,2-7,10,30H2,1H3. The smallest absolute Gasteiger partial charge is 0.167 e. The number of para-hydroxylation sites is 1. The molecule has 174 valence electrons. The molecule has 5 nitrogen and oxygen atoms in total. The van der Waals surface area contributed by atoms with Crippen LogP contribution in [0, 0.1) is 0 Å². The van der Waals surface area contributed by atoms with E-state index < -0.39 is 0 Å². The molecular formula is C29H32N4O. The summed E-state index contributed by atoms with van der Waals surface area (Å²) in [5, 5.41) is 10.4. The van der Waals surface area contributed by atoms with Gasteiger partial charge in [-0.05, 0) is 54.8 Å². The number of nitrogens with two attached hydrogens (primary N) is 1. The molecule has 0 bridgehead atoms. The highest BCUT2D eigenvalue weighted by molar-refractivity contribution is 5.70. The number of hydrogen-bond acceptors (Lipinski definition) is 5. The first-order valence-corrected chi connectivity index (χ1v) is 12.1. The molecule has 0 aliphatic carbocycles. The third kappa shape index (κ3) is 5.98. The van der Waals surface area contributed by atoms with Gasteiger partial charge in [0.2, 0.25) is 0 Å². The average Bonchev–Trinajstić information content (AvgIpc) is 2.87. The van der Waals surface area contributed by atoms with E-state index >= 15 is 0 Å². The van der Waals surface area contributed by atoms with Gasteiger partial charge < -0.3 is 10.8 Å². The average molecular weight is 453 g/mol. The zero-order valence-electron chi connectivity index (χ0n) is 19.7. The SMILES string of the molecule is CCCCCCCCc1ccc(-c2nc(-c3ccc(N)cc3)nc(-c3ccccc3O)n2)cc1. The third-order valence-corrected chi connectivity index (χ3v) is 5.98. The topological polar surface area (TPSA) is 84.9 Å². The predicted octanol–water partition coefficient (Wildman–Crippen LogP) is 7.06. The van der Waals surface area contributed by atoms with E-state index in [4.69, 9.17) is 15.7 Å². The van der Waals surface area contributed by atoms with Crippen LogP contribution in [0.3, 0.4) is 0 Å². The number of phenolic OH excluding ortho intramolecular Hbond substituents is 1. The number of aromatic nitrogens is 3. The fraction of sp³-hybridized carbons (Fsp3) is 0.276. The molecule has 0 unspecified atom stereocenters. The third-order valence-electron chi connectivity index (χ3n) is 5.98. The Kier molecular flexibility index (Phi) is 7.87. The molecule has 34 heavy (non-hydrogen) atoms. The summed E-state index contributed by atoms with van der Waals surface area (Å²) in [6, 6.07) is 23.0. The summed E-state index contributed by atoms with van der Waals surface area (Å²) in [5.74, 6) is 1.69. The van der Waals surface area contributed by atoms with E-state index in [9.17, 15) is 5.11 Å². The molecule has 0 saturated carbocycles.